The van der Waals surface area contributed by atoms with Crippen LogP contribution in [-0.4, -0.2) is 45.7 Å². The quantitative estimate of drug-likeness (QED) is 0.534. The lowest BCUT2D eigenvalue weighted by Crippen LogP contribution is -2.39. The Morgan fingerprint density at radius 1 is 1.23 bits per heavy atom. The van der Waals surface area contributed by atoms with Gasteiger partial charge in [0, 0.05) is 24.2 Å². The first-order valence-electron chi connectivity index (χ1n) is 10.9. The molecule has 1 amide bonds. The maximum atomic E-state index is 12.3. The van der Waals surface area contributed by atoms with E-state index in [0.29, 0.717) is 0 Å². The largest absolute Gasteiger partial charge is 0.364 e. The van der Waals surface area contributed by atoms with Crippen molar-refractivity contribution in [3.05, 3.63) is 29.8 Å². The van der Waals surface area contributed by atoms with Crippen molar-refractivity contribution < 1.29 is 4.79 Å². The Kier molecular flexibility index (Phi) is 6.89. The molecule has 0 aliphatic heterocycles. The zero-order chi connectivity index (χ0) is 22.8. The molecule has 3 rings (SSSR count). The highest BCUT2D eigenvalue weighted by atomic mass is 32.1. The number of hydrogen-bond donors (Lipinski definition) is 2. The van der Waals surface area contributed by atoms with Gasteiger partial charge in [0.2, 0.25) is 16.0 Å². The number of rotatable bonds is 8. The second kappa shape index (κ2) is 9.26. The van der Waals surface area contributed by atoms with Gasteiger partial charge in [-0.2, -0.15) is 4.52 Å². The third-order valence-corrected chi connectivity index (χ3v) is 6.07. The molecule has 7 nitrogen and oxygen atoms in total. The lowest BCUT2D eigenvalue weighted by molar-refractivity contribution is -0.120. The van der Waals surface area contributed by atoms with E-state index in [1.165, 1.54) is 16.9 Å². The van der Waals surface area contributed by atoms with Gasteiger partial charge in [0.15, 0.2) is 5.82 Å². The smallest absolute Gasteiger partial charge is 0.239 e. The van der Waals surface area contributed by atoms with Crippen molar-refractivity contribution in [3.8, 4) is 11.3 Å². The van der Waals surface area contributed by atoms with Gasteiger partial charge in [-0.3, -0.25) is 4.79 Å². The Morgan fingerprint density at radius 3 is 2.48 bits per heavy atom. The van der Waals surface area contributed by atoms with Crippen LogP contribution in [0.25, 0.3) is 16.2 Å². The zero-order valence-corrected chi connectivity index (χ0v) is 20.4. The van der Waals surface area contributed by atoms with Crippen molar-refractivity contribution in [3.63, 3.8) is 0 Å². The minimum Gasteiger partial charge on any atom is -0.364 e. The number of benzene rings is 1. The van der Waals surface area contributed by atoms with Crippen molar-refractivity contribution in [2.75, 3.05) is 23.8 Å². The molecule has 8 heteroatoms. The predicted octanol–water partition coefficient (Wildman–Crippen LogP) is 4.58. The molecule has 0 saturated carbocycles. The average molecular weight is 443 g/mol. The third-order valence-electron chi connectivity index (χ3n) is 5.05. The minimum atomic E-state index is -0.153. The van der Waals surface area contributed by atoms with Crippen LogP contribution in [0.4, 0.5) is 10.9 Å². The molecular formula is C23H34N6OS. The average Bonchev–Trinajstić information content (AvgIpc) is 3.26. The molecule has 1 unspecified atom stereocenters. The molecule has 1 aromatic carbocycles. The number of likely N-dealkylation sites (N-methyl/N-ethyl adjacent to an activating group) is 1. The molecule has 0 fully saturated rings. The van der Waals surface area contributed by atoms with Crippen LogP contribution in [0.2, 0.25) is 0 Å². The zero-order valence-electron chi connectivity index (χ0n) is 19.6. The molecule has 31 heavy (non-hydrogen) atoms. The summed E-state index contributed by atoms with van der Waals surface area (Å²) in [5.41, 5.74) is 3.09. The second-order valence-electron chi connectivity index (χ2n) is 9.05. The Morgan fingerprint density at radius 2 is 1.90 bits per heavy atom. The van der Waals surface area contributed by atoms with Crippen LogP contribution in [0, 0.1) is 0 Å². The number of carbonyl (C=O) groups excluding carboxylic acids is 1. The SMILES string of the molecule is CCc1ccc(-c2nc3sc(N(C)CC(=O)NC(C)CC)nn3c2NC(C)(C)C)cc1. The Balaban J connectivity index is 1.93. The maximum absolute atomic E-state index is 12.3. The fourth-order valence-corrected chi connectivity index (χ4v) is 4.03. The molecule has 0 spiro atoms. The Bertz CT molecular complexity index is 1030. The van der Waals surface area contributed by atoms with E-state index in [0.717, 1.165) is 40.0 Å². The van der Waals surface area contributed by atoms with Crippen LogP contribution >= 0.6 is 11.3 Å². The van der Waals surface area contributed by atoms with Gasteiger partial charge in [-0.25, -0.2) is 4.98 Å². The molecule has 1 atom stereocenters. The molecule has 0 radical (unpaired) electrons. The number of anilines is 2. The number of fused-ring (bicyclic) bond motifs is 1. The van der Waals surface area contributed by atoms with E-state index in [4.69, 9.17) is 10.1 Å². The second-order valence-corrected chi connectivity index (χ2v) is 9.98. The van der Waals surface area contributed by atoms with Gasteiger partial charge in [0.25, 0.3) is 0 Å². The number of carbonyl (C=O) groups is 1. The molecule has 2 N–H and O–H groups in total. The van der Waals surface area contributed by atoms with Gasteiger partial charge in [-0.1, -0.05) is 49.4 Å². The summed E-state index contributed by atoms with van der Waals surface area (Å²) in [5.74, 6) is 0.862. The summed E-state index contributed by atoms with van der Waals surface area (Å²) in [4.78, 5) is 19.8. The van der Waals surface area contributed by atoms with Gasteiger partial charge in [-0.05, 0) is 46.1 Å². The van der Waals surface area contributed by atoms with Crippen LogP contribution in [0.15, 0.2) is 24.3 Å². The predicted molar refractivity (Wildman–Crippen MR) is 130 cm³/mol. The van der Waals surface area contributed by atoms with Crippen molar-refractivity contribution in [2.24, 2.45) is 0 Å². The molecule has 0 bridgehead atoms. The van der Waals surface area contributed by atoms with E-state index in [1.54, 1.807) is 0 Å². The summed E-state index contributed by atoms with van der Waals surface area (Å²) in [5, 5.41) is 12.1. The minimum absolute atomic E-state index is 0.00515. The van der Waals surface area contributed by atoms with E-state index in [1.807, 2.05) is 23.4 Å². The molecule has 0 aliphatic rings. The molecule has 0 saturated heterocycles. The fraction of sp³-hybridized carbons (Fsp3) is 0.522. The molecule has 168 valence electrons. The summed E-state index contributed by atoms with van der Waals surface area (Å²) in [6, 6.07) is 8.69. The number of aryl methyl sites for hydroxylation is 1. The molecular weight excluding hydrogens is 408 g/mol. The lowest BCUT2D eigenvalue weighted by Gasteiger charge is -2.22. The number of hydrogen-bond acceptors (Lipinski definition) is 6. The van der Waals surface area contributed by atoms with Crippen LogP contribution in [0.3, 0.4) is 0 Å². The van der Waals surface area contributed by atoms with Crippen molar-refractivity contribution in [2.45, 2.75) is 66.0 Å². The monoisotopic (exact) mass is 442 g/mol. The van der Waals surface area contributed by atoms with Gasteiger partial charge < -0.3 is 15.5 Å². The van der Waals surface area contributed by atoms with Gasteiger partial charge >= 0.3 is 0 Å². The number of imidazole rings is 1. The van der Waals surface area contributed by atoms with Crippen LogP contribution in [0.1, 0.15) is 53.5 Å². The van der Waals surface area contributed by atoms with Gasteiger partial charge in [-0.15, -0.1) is 5.10 Å². The van der Waals surface area contributed by atoms with E-state index in [-0.39, 0.29) is 24.0 Å². The van der Waals surface area contributed by atoms with E-state index in [2.05, 4.69) is 69.5 Å². The molecule has 2 heterocycles. The number of nitrogens with zero attached hydrogens (tertiary/aromatic N) is 4. The fourth-order valence-electron chi connectivity index (χ4n) is 3.17. The van der Waals surface area contributed by atoms with Crippen LogP contribution in [0.5, 0.6) is 0 Å². The van der Waals surface area contributed by atoms with Crippen LogP contribution < -0.4 is 15.5 Å². The summed E-state index contributed by atoms with van der Waals surface area (Å²) < 4.78 is 1.86. The van der Waals surface area contributed by atoms with Gasteiger partial charge in [0.1, 0.15) is 5.69 Å². The maximum Gasteiger partial charge on any atom is 0.239 e. The van der Waals surface area contributed by atoms with E-state index < -0.39 is 0 Å². The first-order valence-corrected chi connectivity index (χ1v) is 11.7. The van der Waals surface area contributed by atoms with Crippen molar-refractivity contribution in [1.29, 1.82) is 0 Å². The highest BCUT2D eigenvalue weighted by Crippen LogP contribution is 2.34. The van der Waals surface area contributed by atoms with Crippen LogP contribution in [-0.2, 0) is 11.2 Å². The molecule has 0 aliphatic carbocycles. The Labute approximate surface area is 188 Å². The normalized spacial score (nSPS) is 12.7. The molecule has 2 aromatic heterocycles. The van der Waals surface area contributed by atoms with Gasteiger partial charge in [0.05, 0.1) is 6.54 Å². The first-order chi connectivity index (χ1) is 14.6. The van der Waals surface area contributed by atoms with E-state index in [9.17, 15) is 4.79 Å². The topological polar surface area (TPSA) is 74.6 Å². The number of nitrogens with one attached hydrogen (secondary N) is 2. The highest BCUT2D eigenvalue weighted by Gasteiger charge is 2.23. The number of aromatic nitrogens is 3. The summed E-state index contributed by atoms with van der Waals surface area (Å²) in [6.07, 6.45) is 1.91. The highest BCUT2D eigenvalue weighted by molar-refractivity contribution is 7.20. The first kappa shape index (κ1) is 23.1. The molecule has 3 aromatic rings. The summed E-state index contributed by atoms with van der Waals surface area (Å²) in [7, 11) is 1.88. The van der Waals surface area contributed by atoms with Crippen molar-refractivity contribution in [1.82, 2.24) is 19.9 Å². The number of amides is 1. The lowest BCUT2D eigenvalue weighted by atomic mass is 10.1. The standard InChI is InChI=1S/C23H34N6OS/c1-8-15(3)24-18(30)14-28(7)22-27-29-20(26-23(4,5)6)19(25-21(29)31-22)17-12-10-16(9-2)11-13-17/h10-13,15,26H,8-9,14H2,1-7H3,(H,24,30). The summed E-state index contributed by atoms with van der Waals surface area (Å²) >= 11 is 1.48. The van der Waals surface area contributed by atoms with E-state index >= 15 is 0 Å². The summed E-state index contributed by atoms with van der Waals surface area (Å²) in [6.45, 7) is 12.8. The Hall–Kier alpha value is -2.61. The van der Waals surface area contributed by atoms with Crippen molar-refractivity contribution >= 4 is 33.2 Å². The third kappa shape index (κ3) is 5.55.